The van der Waals surface area contributed by atoms with Crippen molar-refractivity contribution in [2.45, 2.75) is 26.2 Å². The van der Waals surface area contributed by atoms with Crippen LogP contribution in [0.2, 0.25) is 0 Å². The lowest BCUT2D eigenvalue weighted by Crippen LogP contribution is -2.10. The van der Waals surface area contributed by atoms with Gasteiger partial charge in [0.15, 0.2) is 0 Å². The van der Waals surface area contributed by atoms with Gasteiger partial charge in [0.2, 0.25) is 0 Å². The summed E-state index contributed by atoms with van der Waals surface area (Å²) in [5.74, 6) is 1.79. The van der Waals surface area contributed by atoms with E-state index in [1.54, 1.807) is 5.57 Å². The number of allylic oxidation sites excluding steroid dienone is 2. The summed E-state index contributed by atoms with van der Waals surface area (Å²) in [6.07, 6.45) is 3.81. The summed E-state index contributed by atoms with van der Waals surface area (Å²) >= 11 is 11.9. The molecule has 2 atom stereocenters. The monoisotopic (exact) mass is 206 g/mol. The van der Waals surface area contributed by atoms with Crippen LogP contribution in [0.25, 0.3) is 0 Å². The molecule has 2 aliphatic carbocycles. The van der Waals surface area contributed by atoms with E-state index in [9.17, 15) is 0 Å². The Morgan fingerprint density at radius 1 is 1.27 bits per heavy atom. The van der Waals surface area contributed by atoms with Crippen molar-refractivity contribution in [2.24, 2.45) is 11.8 Å². The summed E-state index contributed by atoms with van der Waals surface area (Å²) < 4.78 is 0. The first kappa shape index (κ1) is 8.15. The lowest BCUT2D eigenvalue weighted by molar-refractivity contribution is 0.421. The van der Waals surface area contributed by atoms with Gasteiger partial charge < -0.3 is 0 Å². The van der Waals surface area contributed by atoms with Crippen LogP contribution in [-0.4, -0.2) is 7.42 Å². The van der Waals surface area contributed by atoms with Crippen LogP contribution in [0.4, 0.5) is 0 Å². The number of hydrogen-bond donors (Lipinski definition) is 0. The van der Waals surface area contributed by atoms with Crippen LogP contribution >= 0.6 is 22.2 Å². The second kappa shape index (κ2) is 2.79. The predicted octanol–water partition coefficient (Wildman–Crippen LogP) is 2.97. The summed E-state index contributed by atoms with van der Waals surface area (Å²) in [6, 6.07) is 0. The van der Waals surface area contributed by atoms with Crippen LogP contribution in [0.5, 0.6) is 0 Å². The van der Waals surface area contributed by atoms with Crippen molar-refractivity contribution >= 4 is 29.6 Å². The average molecular weight is 207 g/mol. The minimum Gasteiger partial charge on any atom is -0.145 e. The SMILES string of the molecule is CC1CC2=C([SiH](Cl)Cl)CC1C2. The molecule has 1 saturated carbocycles. The third-order valence-corrected chi connectivity index (χ3v) is 5.83. The molecule has 2 rings (SSSR count). The molecule has 0 aromatic heterocycles. The number of hydrogen-bond acceptors (Lipinski definition) is 0. The zero-order valence-electron chi connectivity index (χ0n) is 6.61. The first-order chi connectivity index (χ1) is 5.18. The molecule has 2 unspecified atom stereocenters. The van der Waals surface area contributed by atoms with Crippen LogP contribution in [0, 0.1) is 11.8 Å². The highest BCUT2D eigenvalue weighted by molar-refractivity contribution is 7.37. The highest BCUT2D eigenvalue weighted by Crippen LogP contribution is 2.49. The van der Waals surface area contributed by atoms with Gasteiger partial charge in [-0.25, -0.2) is 0 Å². The molecule has 0 saturated heterocycles. The van der Waals surface area contributed by atoms with E-state index in [-0.39, 0.29) is 0 Å². The maximum Gasteiger partial charge on any atom is 0.262 e. The quantitative estimate of drug-likeness (QED) is 0.458. The van der Waals surface area contributed by atoms with Crippen molar-refractivity contribution in [1.82, 2.24) is 0 Å². The van der Waals surface area contributed by atoms with Crippen LogP contribution < -0.4 is 0 Å². The molecule has 0 spiro atoms. The maximum absolute atomic E-state index is 5.97. The molecule has 62 valence electrons. The summed E-state index contributed by atoms with van der Waals surface area (Å²) in [5, 5.41) is 1.47. The normalized spacial score (nSPS) is 36.0. The van der Waals surface area contributed by atoms with Gasteiger partial charge in [-0.2, -0.15) is 0 Å². The molecule has 0 nitrogen and oxygen atoms in total. The Kier molecular flexibility index (Phi) is 2.07. The van der Waals surface area contributed by atoms with E-state index < -0.39 is 7.42 Å². The standard InChI is InChI=1S/C8H12Cl2Si/c1-5-2-7-3-6(5)4-8(7)11(9)10/h5-6,11H,2-4H2,1H3. The molecule has 0 radical (unpaired) electrons. The van der Waals surface area contributed by atoms with Crippen LogP contribution in [-0.2, 0) is 0 Å². The third kappa shape index (κ3) is 1.28. The second-order valence-corrected chi connectivity index (χ2v) is 8.37. The van der Waals surface area contributed by atoms with E-state index in [0.29, 0.717) is 0 Å². The smallest absolute Gasteiger partial charge is 0.145 e. The maximum atomic E-state index is 5.97. The van der Waals surface area contributed by atoms with Gasteiger partial charge in [0.25, 0.3) is 7.42 Å². The van der Waals surface area contributed by atoms with E-state index in [1.165, 1.54) is 24.5 Å². The van der Waals surface area contributed by atoms with Gasteiger partial charge in [0.1, 0.15) is 0 Å². The van der Waals surface area contributed by atoms with Gasteiger partial charge in [-0.05, 0) is 31.1 Å². The first-order valence-corrected chi connectivity index (χ1v) is 8.24. The number of halogens is 2. The number of fused-ring (bicyclic) bond motifs is 2. The van der Waals surface area contributed by atoms with Gasteiger partial charge in [-0.3, -0.25) is 0 Å². The molecule has 0 aromatic carbocycles. The molecule has 2 bridgehead atoms. The zero-order valence-corrected chi connectivity index (χ0v) is 9.28. The Morgan fingerprint density at radius 3 is 2.36 bits per heavy atom. The minimum absolute atomic E-state index is 0.896. The second-order valence-electron chi connectivity index (χ2n) is 3.78. The van der Waals surface area contributed by atoms with Crippen LogP contribution in [0.15, 0.2) is 10.8 Å². The highest BCUT2D eigenvalue weighted by Gasteiger charge is 2.37. The molecule has 2 aliphatic rings. The first-order valence-electron chi connectivity index (χ1n) is 4.17. The van der Waals surface area contributed by atoms with Crippen molar-refractivity contribution in [2.75, 3.05) is 0 Å². The van der Waals surface area contributed by atoms with Crippen LogP contribution in [0.3, 0.4) is 0 Å². The van der Waals surface area contributed by atoms with Gasteiger partial charge >= 0.3 is 0 Å². The van der Waals surface area contributed by atoms with Crippen molar-refractivity contribution in [3.8, 4) is 0 Å². The molecule has 0 amide bonds. The Balaban J connectivity index is 2.21. The van der Waals surface area contributed by atoms with Gasteiger partial charge in [-0.1, -0.05) is 17.7 Å². The van der Waals surface area contributed by atoms with E-state index >= 15 is 0 Å². The van der Waals surface area contributed by atoms with E-state index in [4.69, 9.17) is 22.2 Å². The third-order valence-electron chi connectivity index (χ3n) is 3.08. The molecule has 3 heteroatoms. The van der Waals surface area contributed by atoms with Gasteiger partial charge in [0, 0.05) is 0 Å². The topological polar surface area (TPSA) is 0 Å². The molecular weight excluding hydrogens is 195 g/mol. The van der Waals surface area contributed by atoms with Crippen molar-refractivity contribution in [1.29, 1.82) is 0 Å². The van der Waals surface area contributed by atoms with Gasteiger partial charge in [-0.15, -0.1) is 22.2 Å². The Hall–Kier alpha value is 0.537. The summed E-state index contributed by atoms with van der Waals surface area (Å²) in [5.41, 5.74) is 1.61. The minimum atomic E-state index is -1.47. The lowest BCUT2D eigenvalue weighted by atomic mass is 9.94. The largest absolute Gasteiger partial charge is 0.262 e. The Labute approximate surface area is 78.6 Å². The molecule has 0 aliphatic heterocycles. The summed E-state index contributed by atoms with van der Waals surface area (Å²) in [4.78, 5) is 0. The molecule has 1 fully saturated rings. The Morgan fingerprint density at radius 2 is 2.00 bits per heavy atom. The molecular formula is C8H12Cl2Si. The average Bonchev–Trinajstić information content (AvgIpc) is 2.43. The molecule has 0 N–H and O–H groups in total. The summed E-state index contributed by atoms with van der Waals surface area (Å²) in [6.45, 7) is 2.34. The van der Waals surface area contributed by atoms with Gasteiger partial charge in [0.05, 0.1) is 0 Å². The summed E-state index contributed by atoms with van der Waals surface area (Å²) in [7, 11) is -1.47. The molecule has 0 heterocycles. The zero-order chi connectivity index (χ0) is 8.01. The highest BCUT2D eigenvalue weighted by atomic mass is 35.7. The van der Waals surface area contributed by atoms with Crippen molar-refractivity contribution in [3.63, 3.8) is 0 Å². The lowest BCUT2D eigenvalue weighted by Gasteiger charge is -2.17. The molecule has 0 aromatic rings. The fourth-order valence-electron chi connectivity index (χ4n) is 2.36. The predicted molar refractivity (Wildman–Crippen MR) is 52.4 cm³/mol. The fraction of sp³-hybridized carbons (Fsp3) is 0.750. The van der Waals surface area contributed by atoms with E-state index in [2.05, 4.69) is 6.92 Å². The van der Waals surface area contributed by atoms with Crippen molar-refractivity contribution < 1.29 is 0 Å². The van der Waals surface area contributed by atoms with E-state index in [0.717, 1.165) is 11.8 Å². The fourth-order valence-corrected chi connectivity index (χ4v) is 4.85. The van der Waals surface area contributed by atoms with E-state index in [1.807, 2.05) is 0 Å². The van der Waals surface area contributed by atoms with Crippen molar-refractivity contribution in [3.05, 3.63) is 10.8 Å². The Bertz CT molecular complexity index is 210. The van der Waals surface area contributed by atoms with Crippen LogP contribution in [0.1, 0.15) is 26.2 Å². The molecule has 11 heavy (non-hydrogen) atoms. The number of rotatable bonds is 1.